The number of aliphatic imine (C=N–C) groups is 2. The van der Waals surface area contributed by atoms with E-state index < -0.39 is 6.17 Å². The Kier molecular flexibility index (Phi) is 6.93. The van der Waals surface area contributed by atoms with E-state index in [1.54, 1.807) is 44.6 Å². The number of methoxy groups -OCH3 is 2. The van der Waals surface area contributed by atoms with Crippen molar-refractivity contribution in [3.63, 3.8) is 0 Å². The lowest BCUT2D eigenvalue weighted by Gasteiger charge is -2.11. The molecule has 0 bridgehead atoms. The standard InChI is InChI=1S/C23H21ClN2O4/c1-29-17-7-9-21(27)15(11-17)13-25-23(19-5-3-4-6-20(19)24)26-14-16-12-18(30-2)8-10-22(16)28/h3-14,23,27-28H,1-2H3/b25-13+,26-14?. The van der Waals surface area contributed by atoms with E-state index >= 15 is 0 Å². The summed E-state index contributed by atoms with van der Waals surface area (Å²) >= 11 is 6.35. The van der Waals surface area contributed by atoms with Crippen LogP contribution in [-0.2, 0) is 0 Å². The molecule has 7 heteroatoms. The third-order valence-corrected chi connectivity index (χ3v) is 4.71. The molecule has 0 saturated heterocycles. The topological polar surface area (TPSA) is 83.6 Å². The Hall–Kier alpha value is -3.51. The molecule has 2 N–H and O–H groups in total. The van der Waals surface area contributed by atoms with Gasteiger partial charge in [-0.25, -0.2) is 0 Å². The van der Waals surface area contributed by atoms with Crippen molar-refractivity contribution in [2.24, 2.45) is 9.98 Å². The monoisotopic (exact) mass is 424 g/mol. The molecule has 1 atom stereocenters. The summed E-state index contributed by atoms with van der Waals surface area (Å²) in [5.74, 6) is 1.31. The molecule has 0 aliphatic carbocycles. The number of ether oxygens (including phenoxy) is 2. The molecule has 0 spiro atoms. The van der Waals surface area contributed by atoms with Crippen molar-refractivity contribution in [1.29, 1.82) is 0 Å². The average Bonchev–Trinajstić information content (AvgIpc) is 2.76. The van der Waals surface area contributed by atoms with Gasteiger partial charge in [-0.2, -0.15) is 0 Å². The van der Waals surface area contributed by atoms with E-state index in [0.717, 1.165) is 0 Å². The molecule has 0 heterocycles. The summed E-state index contributed by atoms with van der Waals surface area (Å²) in [7, 11) is 3.09. The van der Waals surface area contributed by atoms with E-state index in [9.17, 15) is 10.2 Å². The van der Waals surface area contributed by atoms with Gasteiger partial charge in [0.05, 0.1) is 14.2 Å². The number of phenols is 2. The van der Waals surface area contributed by atoms with Crippen LogP contribution < -0.4 is 9.47 Å². The van der Waals surface area contributed by atoms with Gasteiger partial charge in [0.1, 0.15) is 23.0 Å². The van der Waals surface area contributed by atoms with Gasteiger partial charge in [-0.3, -0.25) is 9.98 Å². The van der Waals surface area contributed by atoms with Crippen LogP contribution in [0.3, 0.4) is 0 Å². The molecule has 0 aromatic heterocycles. The SMILES string of the molecule is COc1ccc(O)c(C=NC(/N=C/c2cc(OC)ccc2O)c2ccccc2Cl)c1. The first-order chi connectivity index (χ1) is 14.5. The highest BCUT2D eigenvalue weighted by molar-refractivity contribution is 6.31. The van der Waals surface area contributed by atoms with Gasteiger partial charge in [-0.05, 0) is 42.5 Å². The zero-order chi connectivity index (χ0) is 21.5. The van der Waals surface area contributed by atoms with Gasteiger partial charge < -0.3 is 19.7 Å². The zero-order valence-electron chi connectivity index (χ0n) is 16.5. The highest BCUT2D eigenvalue weighted by atomic mass is 35.5. The van der Waals surface area contributed by atoms with Gasteiger partial charge in [-0.1, -0.05) is 29.8 Å². The second-order valence-electron chi connectivity index (χ2n) is 6.30. The van der Waals surface area contributed by atoms with Crippen LogP contribution in [0, 0.1) is 0 Å². The van der Waals surface area contributed by atoms with Crippen LogP contribution >= 0.6 is 11.6 Å². The number of halogens is 1. The molecule has 30 heavy (non-hydrogen) atoms. The molecule has 0 amide bonds. The largest absolute Gasteiger partial charge is 0.507 e. The van der Waals surface area contributed by atoms with Crippen molar-refractivity contribution in [3.8, 4) is 23.0 Å². The van der Waals surface area contributed by atoms with Gasteiger partial charge in [0, 0.05) is 34.1 Å². The maximum atomic E-state index is 10.1. The Morgan fingerprint density at radius 3 is 1.77 bits per heavy atom. The van der Waals surface area contributed by atoms with Crippen LogP contribution in [-0.4, -0.2) is 36.9 Å². The van der Waals surface area contributed by atoms with Crippen molar-refractivity contribution in [3.05, 3.63) is 82.4 Å². The normalized spacial score (nSPS) is 12.4. The summed E-state index contributed by atoms with van der Waals surface area (Å²) in [5, 5.41) is 20.7. The smallest absolute Gasteiger partial charge is 0.166 e. The summed E-state index contributed by atoms with van der Waals surface area (Å²) in [6.45, 7) is 0. The van der Waals surface area contributed by atoms with E-state index in [1.807, 2.05) is 18.2 Å². The summed E-state index contributed by atoms with van der Waals surface area (Å²) in [6.07, 6.45) is 2.32. The van der Waals surface area contributed by atoms with Gasteiger partial charge in [0.15, 0.2) is 6.17 Å². The van der Waals surface area contributed by atoms with Gasteiger partial charge >= 0.3 is 0 Å². The maximum absolute atomic E-state index is 10.1. The van der Waals surface area contributed by atoms with E-state index in [0.29, 0.717) is 33.2 Å². The molecule has 0 saturated carbocycles. The van der Waals surface area contributed by atoms with E-state index in [4.69, 9.17) is 21.1 Å². The molecular formula is C23H21ClN2O4. The summed E-state index contributed by atoms with van der Waals surface area (Å²) in [6, 6.07) is 16.9. The lowest BCUT2D eigenvalue weighted by Crippen LogP contribution is -1.97. The van der Waals surface area contributed by atoms with Crippen molar-refractivity contribution in [1.82, 2.24) is 0 Å². The predicted molar refractivity (Wildman–Crippen MR) is 119 cm³/mol. The first-order valence-electron chi connectivity index (χ1n) is 9.06. The van der Waals surface area contributed by atoms with Crippen molar-refractivity contribution in [2.75, 3.05) is 14.2 Å². The van der Waals surface area contributed by atoms with Crippen molar-refractivity contribution < 1.29 is 19.7 Å². The first-order valence-corrected chi connectivity index (χ1v) is 9.44. The molecule has 0 fully saturated rings. The number of hydrogen-bond donors (Lipinski definition) is 2. The molecular weight excluding hydrogens is 404 g/mol. The number of nitrogens with zero attached hydrogens (tertiary/aromatic N) is 2. The second-order valence-corrected chi connectivity index (χ2v) is 6.71. The van der Waals surface area contributed by atoms with E-state index in [-0.39, 0.29) is 11.5 Å². The Morgan fingerprint density at radius 1 is 0.800 bits per heavy atom. The fourth-order valence-corrected chi connectivity index (χ4v) is 2.94. The van der Waals surface area contributed by atoms with Crippen LogP contribution in [0.2, 0.25) is 5.02 Å². The molecule has 3 aromatic carbocycles. The quantitative estimate of drug-likeness (QED) is 0.522. The minimum atomic E-state index is -0.699. The van der Waals surface area contributed by atoms with Crippen molar-refractivity contribution >= 4 is 24.0 Å². The number of aromatic hydroxyl groups is 2. The third kappa shape index (κ3) is 5.10. The van der Waals surface area contributed by atoms with Gasteiger partial charge in [0.25, 0.3) is 0 Å². The van der Waals surface area contributed by atoms with E-state index in [2.05, 4.69) is 9.98 Å². The molecule has 1 unspecified atom stereocenters. The fraction of sp³-hybridized carbons (Fsp3) is 0.130. The molecule has 6 nitrogen and oxygen atoms in total. The van der Waals surface area contributed by atoms with Crippen LogP contribution in [0.5, 0.6) is 23.0 Å². The highest BCUT2D eigenvalue weighted by Crippen LogP contribution is 2.29. The molecule has 3 aromatic rings. The van der Waals surface area contributed by atoms with Crippen LogP contribution in [0.4, 0.5) is 0 Å². The highest BCUT2D eigenvalue weighted by Gasteiger charge is 2.12. The summed E-state index contributed by atoms with van der Waals surface area (Å²) in [5.41, 5.74) is 1.63. The lowest BCUT2D eigenvalue weighted by molar-refractivity contribution is 0.412. The lowest BCUT2D eigenvalue weighted by atomic mass is 10.1. The fourth-order valence-electron chi connectivity index (χ4n) is 2.71. The minimum absolute atomic E-state index is 0.0619. The minimum Gasteiger partial charge on any atom is -0.507 e. The predicted octanol–water partition coefficient (Wildman–Crippen LogP) is 5.01. The van der Waals surface area contributed by atoms with Gasteiger partial charge in [0.2, 0.25) is 0 Å². The summed E-state index contributed by atoms with van der Waals surface area (Å²) < 4.78 is 10.4. The number of hydrogen-bond acceptors (Lipinski definition) is 6. The first kappa shape index (κ1) is 21.2. The Labute approximate surface area is 179 Å². The van der Waals surface area contributed by atoms with Crippen LogP contribution in [0.25, 0.3) is 0 Å². The van der Waals surface area contributed by atoms with Crippen molar-refractivity contribution in [2.45, 2.75) is 6.17 Å². The molecule has 0 radical (unpaired) electrons. The molecule has 154 valence electrons. The molecule has 0 aliphatic rings. The number of benzene rings is 3. The molecule has 3 rings (SSSR count). The molecule has 0 aliphatic heterocycles. The third-order valence-electron chi connectivity index (χ3n) is 4.36. The Morgan fingerprint density at radius 2 is 1.30 bits per heavy atom. The van der Waals surface area contributed by atoms with Crippen LogP contribution in [0.15, 0.2) is 70.6 Å². The van der Waals surface area contributed by atoms with Crippen LogP contribution in [0.1, 0.15) is 22.9 Å². The zero-order valence-corrected chi connectivity index (χ0v) is 17.2. The Bertz CT molecular complexity index is 1020. The number of rotatable bonds is 7. The van der Waals surface area contributed by atoms with Gasteiger partial charge in [-0.15, -0.1) is 0 Å². The second kappa shape index (κ2) is 9.80. The Balaban J connectivity index is 1.99. The average molecular weight is 425 g/mol. The summed E-state index contributed by atoms with van der Waals surface area (Å²) in [4.78, 5) is 9.03. The number of phenolic OH excluding ortho intramolecular Hbond substituents is 2. The van der Waals surface area contributed by atoms with E-state index in [1.165, 1.54) is 24.6 Å². The maximum Gasteiger partial charge on any atom is 0.166 e.